The molecule has 0 aliphatic carbocycles. The number of ether oxygens (including phenoxy) is 1. The summed E-state index contributed by atoms with van der Waals surface area (Å²) in [5.41, 5.74) is -0.688. The number of amides is 1. The molecule has 0 bridgehead atoms. The van der Waals surface area contributed by atoms with Crippen LogP contribution < -0.4 is 0 Å². The Morgan fingerprint density at radius 3 is 2.12 bits per heavy atom. The fourth-order valence-corrected chi connectivity index (χ4v) is 3.06. The summed E-state index contributed by atoms with van der Waals surface area (Å²) in [4.78, 5) is 14.8. The van der Waals surface area contributed by atoms with Crippen LogP contribution in [-0.4, -0.2) is 70.8 Å². The van der Waals surface area contributed by atoms with E-state index in [9.17, 15) is 18.7 Å². The number of nitrogens with zero attached hydrogens (tertiary/aromatic N) is 2. The lowest BCUT2D eigenvalue weighted by Crippen LogP contribution is -2.61. The SMILES string of the molecule is CC.CC(C)(C)OC(=O)N1CCC(N2CCC(O)CC2)C(F)(F)C1. The van der Waals surface area contributed by atoms with Gasteiger partial charge < -0.3 is 14.7 Å². The minimum absolute atomic E-state index is 0.225. The van der Waals surface area contributed by atoms with Crippen LogP contribution in [0.3, 0.4) is 0 Å². The molecule has 1 unspecified atom stereocenters. The molecule has 2 saturated heterocycles. The van der Waals surface area contributed by atoms with Crippen LogP contribution in [0, 0.1) is 0 Å². The molecule has 2 aliphatic heterocycles. The van der Waals surface area contributed by atoms with Crippen molar-refractivity contribution in [3.05, 3.63) is 0 Å². The van der Waals surface area contributed by atoms with Gasteiger partial charge in [0, 0.05) is 19.6 Å². The Bertz CT molecular complexity index is 405. The molecule has 2 aliphatic rings. The van der Waals surface area contributed by atoms with E-state index < -0.39 is 30.2 Å². The molecule has 2 heterocycles. The highest BCUT2D eigenvalue weighted by atomic mass is 19.3. The van der Waals surface area contributed by atoms with Crippen LogP contribution in [0.25, 0.3) is 0 Å². The van der Waals surface area contributed by atoms with Crippen LogP contribution in [0.2, 0.25) is 0 Å². The molecule has 5 nitrogen and oxygen atoms in total. The molecular weight excluding hydrogens is 318 g/mol. The number of carbonyl (C=O) groups is 1. The van der Waals surface area contributed by atoms with Crippen molar-refractivity contribution in [2.75, 3.05) is 26.2 Å². The van der Waals surface area contributed by atoms with Crippen molar-refractivity contribution in [2.24, 2.45) is 0 Å². The topological polar surface area (TPSA) is 53.0 Å². The van der Waals surface area contributed by atoms with Crippen LogP contribution in [-0.2, 0) is 4.74 Å². The average Bonchev–Trinajstić information content (AvgIpc) is 2.48. The van der Waals surface area contributed by atoms with Crippen LogP contribution >= 0.6 is 0 Å². The molecule has 0 aromatic carbocycles. The summed E-state index contributed by atoms with van der Waals surface area (Å²) in [6, 6.07) is -0.862. The smallest absolute Gasteiger partial charge is 0.410 e. The lowest BCUT2D eigenvalue weighted by molar-refractivity contribution is -0.132. The number of aliphatic hydroxyl groups is 1. The normalized spacial score (nSPS) is 25.7. The van der Waals surface area contributed by atoms with Crippen LogP contribution in [0.1, 0.15) is 53.9 Å². The highest BCUT2D eigenvalue weighted by molar-refractivity contribution is 5.68. The lowest BCUT2D eigenvalue weighted by Gasteiger charge is -2.45. The van der Waals surface area contributed by atoms with Crippen molar-refractivity contribution in [1.82, 2.24) is 9.80 Å². The number of alkyl halides is 2. The second kappa shape index (κ2) is 8.43. The number of hydrogen-bond donors (Lipinski definition) is 1. The monoisotopic (exact) mass is 350 g/mol. The van der Waals surface area contributed by atoms with Crippen LogP contribution in [0.5, 0.6) is 0 Å². The zero-order valence-electron chi connectivity index (χ0n) is 15.5. The van der Waals surface area contributed by atoms with Gasteiger partial charge in [-0.2, -0.15) is 0 Å². The van der Waals surface area contributed by atoms with Gasteiger partial charge >= 0.3 is 6.09 Å². The minimum Gasteiger partial charge on any atom is -0.444 e. The van der Waals surface area contributed by atoms with Crippen molar-refractivity contribution in [1.29, 1.82) is 0 Å². The Morgan fingerprint density at radius 1 is 1.12 bits per heavy atom. The second-order valence-electron chi connectivity index (χ2n) is 7.23. The first kappa shape index (κ1) is 21.1. The molecule has 1 amide bonds. The van der Waals surface area contributed by atoms with Gasteiger partial charge in [-0.3, -0.25) is 4.90 Å². The average molecular weight is 350 g/mol. The van der Waals surface area contributed by atoms with Gasteiger partial charge in [0.15, 0.2) is 0 Å². The van der Waals surface area contributed by atoms with Crippen molar-refractivity contribution in [2.45, 2.75) is 77.6 Å². The van der Waals surface area contributed by atoms with Crippen molar-refractivity contribution in [3.63, 3.8) is 0 Å². The predicted octanol–water partition coefficient (Wildman–Crippen LogP) is 3.11. The summed E-state index contributed by atoms with van der Waals surface area (Å²) >= 11 is 0. The maximum absolute atomic E-state index is 14.4. The van der Waals surface area contributed by atoms with E-state index in [1.807, 2.05) is 13.8 Å². The molecule has 142 valence electrons. The summed E-state index contributed by atoms with van der Waals surface area (Å²) in [6.45, 7) is 9.78. The standard InChI is InChI=1S/C15H26F2N2O3.C2H6/c1-14(2,3)22-13(21)19-9-6-12(15(16,17)10-19)18-7-4-11(20)5-8-18;1-2/h11-12,20H,4-10H2,1-3H3;1-2H3. The summed E-state index contributed by atoms with van der Waals surface area (Å²) < 4.78 is 34.1. The maximum Gasteiger partial charge on any atom is 0.410 e. The fourth-order valence-electron chi connectivity index (χ4n) is 3.06. The summed E-state index contributed by atoms with van der Waals surface area (Å²) in [7, 11) is 0. The van der Waals surface area contributed by atoms with E-state index >= 15 is 0 Å². The molecule has 0 saturated carbocycles. The zero-order chi connectivity index (χ0) is 18.5. The molecule has 24 heavy (non-hydrogen) atoms. The first-order chi connectivity index (χ1) is 11.1. The molecule has 0 spiro atoms. The van der Waals surface area contributed by atoms with Crippen LogP contribution in [0.4, 0.5) is 13.6 Å². The highest BCUT2D eigenvalue weighted by Gasteiger charge is 2.49. The summed E-state index contributed by atoms with van der Waals surface area (Å²) in [5, 5.41) is 9.49. The van der Waals surface area contributed by atoms with Crippen LogP contribution in [0.15, 0.2) is 0 Å². The Hall–Kier alpha value is -0.950. The van der Waals surface area contributed by atoms with Crippen molar-refractivity contribution >= 4 is 6.09 Å². The first-order valence-electron chi connectivity index (χ1n) is 8.86. The fraction of sp³-hybridized carbons (Fsp3) is 0.941. The van der Waals surface area contributed by atoms with E-state index in [0.717, 1.165) is 4.90 Å². The van der Waals surface area contributed by atoms with Gasteiger partial charge in [-0.15, -0.1) is 0 Å². The molecule has 7 heteroatoms. The second-order valence-corrected chi connectivity index (χ2v) is 7.23. The third-order valence-corrected chi connectivity index (χ3v) is 4.15. The van der Waals surface area contributed by atoms with E-state index in [1.165, 1.54) is 0 Å². The summed E-state index contributed by atoms with van der Waals surface area (Å²) in [5.74, 6) is -2.96. The van der Waals surface area contributed by atoms with E-state index in [2.05, 4.69) is 0 Å². The number of likely N-dealkylation sites (tertiary alicyclic amines) is 2. The molecular formula is C17H32F2N2O3. The van der Waals surface area contributed by atoms with E-state index in [1.54, 1.807) is 25.7 Å². The lowest BCUT2D eigenvalue weighted by atomic mass is 9.96. The van der Waals surface area contributed by atoms with Crippen molar-refractivity contribution in [3.8, 4) is 0 Å². The molecule has 2 rings (SSSR count). The number of halogens is 2. The number of piperidine rings is 2. The largest absolute Gasteiger partial charge is 0.444 e. The molecule has 2 fully saturated rings. The van der Waals surface area contributed by atoms with Crippen molar-refractivity contribution < 1.29 is 23.4 Å². The van der Waals surface area contributed by atoms with Gasteiger partial charge in [-0.05, 0) is 40.0 Å². The number of rotatable bonds is 1. The summed E-state index contributed by atoms with van der Waals surface area (Å²) in [6.07, 6.45) is 0.221. The maximum atomic E-state index is 14.4. The first-order valence-corrected chi connectivity index (χ1v) is 8.86. The Morgan fingerprint density at radius 2 is 1.67 bits per heavy atom. The Labute approximate surface area is 143 Å². The third kappa shape index (κ3) is 5.84. The van der Waals surface area contributed by atoms with Gasteiger partial charge in [0.05, 0.1) is 18.7 Å². The highest BCUT2D eigenvalue weighted by Crippen LogP contribution is 2.33. The molecule has 0 aromatic rings. The van der Waals surface area contributed by atoms with Gasteiger partial charge in [0.2, 0.25) is 0 Å². The molecule has 1 N–H and O–H groups in total. The van der Waals surface area contributed by atoms with E-state index in [0.29, 0.717) is 25.9 Å². The van der Waals surface area contributed by atoms with Gasteiger partial charge in [-0.25, -0.2) is 13.6 Å². The number of hydrogen-bond acceptors (Lipinski definition) is 4. The van der Waals surface area contributed by atoms with Gasteiger partial charge in [0.25, 0.3) is 5.92 Å². The third-order valence-electron chi connectivity index (χ3n) is 4.15. The molecule has 0 radical (unpaired) electrons. The van der Waals surface area contributed by atoms with E-state index in [-0.39, 0.29) is 19.1 Å². The van der Waals surface area contributed by atoms with E-state index in [4.69, 9.17) is 4.74 Å². The predicted molar refractivity (Wildman–Crippen MR) is 89.3 cm³/mol. The van der Waals surface area contributed by atoms with Gasteiger partial charge in [0.1, 0.15) is 5.60 Å². The Kier molecular flexibility index (Phi) is 7.41. The molecule has 0 aromatic heterocycles. The Balaban J connectivity index is 0.00000139. The molecule has 1 atom stereocenters. The quantitative estimate of drug-likeness (QED) is 0.789. The van der Waals surface area contributed by atoms with Gasteiger partial charge in [-0.1, -0.05) is 13.8 Å². The minimum atomic E-state index is -2.96. The zero-order valence-corrected chi connectivity index (χ0v) is 15.5. The number of aliphatic hydroxyl groups excluding tert-OH is 1. The number of carbonyl (C=O) groups excluding carboxylic acids is 1.